The van der Waals surface area contributed by atoms with Crippen molar-refractivity contribution in [2.45, 2.75) is 97.7 Å². The van der Waals surface area contributed by atoms with Gasteiger partial charge in [0.05, 0.1) is 5.60 Å². The summed E-state index contributed by atoms with van der Waals surface area (Å²) in [6, 6.07) is 0. The molecule has 2 aliphatic rings. The molecule has 0 saturated heterocycles. The minimum absolute atomic E-state index is 0.140. The molecule has 5 unspecified atom stereocenters. The van der Waals surface area contributed by atoms with Gasteiger partial charge in [-0.3, -0.25) is 4.79 Å². The maximum atomic E-state index is 11.8. The minimum Gasteiger partial charge on any atom is -0.459 e. The lowest BCUT2D eigenvalue weighted by Gasteiger charge is -2.62. The predicted octanol–water partition coefficient (Wildman–Crippen LogP) is 5.27. The smallest absolute Gasteiger partial charge is 0.303 e. The fourth-order valence-electron chi connectivity index (χ4n) is 6.23. The van der Waals surface area contributed by atoms with Gasteiger partial charge in [0.25, 0.3) is 0 Å². The quantitative estimate of drug-likeness (QED) is 0.543. The van der Waals surface area contributed by atoms with Gasteiger partial charge in [0.1, 0.15) is 5.60 Å². The first-order valence-corrected chi connectivity index (χ1v) is 9.92. The van der Waals surface area contributed by atoms with Crippen molar-refractivity contribution in [2.75, 3.05) is 0 Å². The van der Waals surface area contributed by atoms with E-state index in [0.29, 0.717) is 17.8 Å². The highest BCUT2D eigenvalue weighted by Gasteiger charge is 2.59. The molecular weight excluding hydrogens is 312 g/mol. The van der Waals surface area contributed by atoms with Crippen molar-refractivity contribution in [1.29, 1.82) is 0 Å². The van der Waals surface area contributed by atoms with E-state index in [1.165, 1.54) is 26.2 Å². The molecule has 5 atom stereocenters. The van der Waals surface area contributed by atoms with Crippen molar-refractivity contribution >= 4 is 5.97 Å². The van der Waals surface area contributed by atoms with Crippen LogP contribution in [-0.4, -0.2) is 22.3 Å². The molecule has 25 heavy (non-hydrogen) atoms. The topological polar surface area (TPSA) is 46.5 Å². The monoisotopic (exact) mass is 350 g/mol. The molecule has 1 N–H and O–H groups in total. The van der Waals surface area contributed by atoms with Crippen LogP contribution in [0, 0.1) is 22.7 Å². The van der Waals surface area contributed by atoms with E-state index in [4.69, 9.17) is 4.74 Å². The van der Waals surface area contributed by atoms with E-state index >= 15 is 0 Å². The zero-order chi connectivity index (χ0) is 19.1. The molecular formula is C22H38O3. The lowest BCUT2D eigenvalue weighted by Crippen LogP contribution is -2.59. The third kappa shape index (κ3) is 3.97. The highest BCUT2D eigenvalue weighted by atomic mass is 16.6. The van der Waals surface area contributed by atoms with Crippen LogP contribution in [0.3, 0.4) is 0 Å². The lowest BCUT2D eigenvalue weighted by atomic mass is 9.45. The first-order valence-electron chi connectivity index (χ1n) is 9.92. The zero-order valence-corrected chi connectivity index (χ0v) is 17.2. The van der Waals surface area contributed by atoms with Crippen molar-refractivity contribution < 1.29 is 14.6 Å². The summed E-state index contributed by atoms with van der Waals surface area (Å²) in [5, 5.41) is 10.5. The van der Waals surface area contributed by atoms with Crippen LogP contribution in [0.15, 0.2) is 12.7 Å². The van der Waals surface area contributed by atoms with Crippen molar-refractivity contribution in [3.63, 3.8) is 0 Å². The lowest BCUT2D eigenvalue weighted by molar-refractivity contribution is -0.200. The second-order valence-corrected chi connectivity index (χ2v) is 10.00. The molecule has 0 aliphatic heterocycles. The summed E-state index contributed by atoms with van der Waals surface area (Å²) >= 11 is 0. The van der Waals surface area contributed by atoms with Gasteiger partial charge in [-0.1, -0.05) is 33.3 Å². The maximum Gasteiger partial charge on any atom is 0.303 e. The third-order valence-electron chi connectivity index (χ3n) is 7.49. The Morgan fingerprint density at radius 3 is 2.48 bits per heavy atom. The molecule has 0 radical (unpaired) electrons. The van der Waals surface area contributed by atoms with Crippen LogP contribution < -0.4 is 0 Å². The van der Waals surface area contributed by atoms with E-state index in [9.17, 15) is 9.90 Å². The molecule has 3 heteroatoms. The molecule has 0 bridgehead atoms. The molecule has 144 valence electrons. The normalized spacial score (nSPS) is 39.8. The number of rotatable bonds is 5. The van der Waals surface area contributed by atoms with Crippen LogP contribution in [0.1, 0.15) is 86.5 Å². The van der Waals surface area contributed by atoms with Gasteiger partial charge in [0.15, 0.2) is 0 Å². The van der Waals surface area contributed by atoms with Crippen molar-refractivity contribution in [2.24, 2.45) is 22.7 Å². The molecule has 2 saturated carbocycles. The Hall–Kier alpha value is -0.830. The summed E-state index contributed by atoms with van der Waals surface area (Å²) in [4.78, 5) is 11.8. The standard InChI is InChI=1S/C22H38O3/c1-8-20(5,24)14-10-18-21(6)13-9-12-19(3,4)17(21)11-15-22(18,7)25-16(2)23/h8,17-18,24H,1,9-15H2,2-7H3. The summed E-state index contributed by atoms with van der Waals surface area (Å²) in [7, 11) is 0. The van der Waals surface area contributed by atoms with Crippen LogP contribution in [0.5, 0.6) is 0 Å². The van der Waals surface area contributed by atoms with E-state index in [1.54, 1.807) is 6.08 Å². The summed E-state index contributed by atoms with van der Waals surface area (Å²) in [5.74, 6) is 0.699. The first-order chi connectivity index (χ1) is 11.4. The summed E-state index contributed by atoms with van der Waals surface area (Å²) in [5.41, 5.74) is -0.850. The number of carbonyl (C=O) groups is 1. The Morgan fingerprint density at radius 1 is 1.28 bits per heavy atom. The highest BCUT2D eigenvalue weighted by Crippen LogP contribution is 2.63. The number of fused-ring (bicyclic) bond motifs is 1. The number of esters is 1. The van der Waals surface area contributed by atoms with Crippen molar-refractivity contribution in [3.05, 3.63) is 12.7 Å². The van der Waals surface area contributed by atoms with Gasteiger partial charge < -0.3 is 9.84 Å². The number of aliphatic hydroxyl groups is 1. The summed E-state index contributed by atoms with van der Waals surface area (Å²) < 4.78 is 5.93. The number of hydrogen-bond acceptors (Lipinski definition) is 3. The van der Waals surface area contributed by atoms with Crippen LogP contribution in [0.2, 0.25) is 0 Å². The highest BCUT2D eigenvalue weighted by molar-refractivity contribution is 5.66. The van der Waals surface area contributed by atoms with E-state index in [1.807, 2.05) is 6.92 Å². The van der Waals surface area contributed by atoms with E-state index in [-0.39, 0.29) is 17.3 Å². The SMILES string of the molecule is C=CC(C)(O)CCC1C(C)(OC(C)=O)CCC2C(C)(C)CCCC21C. The average molecular weight is 351 g/mol. The molecule has 0 aromatic carbocycles. The van der Waals surface area contributed by atoms with E-state index in [2.05, 4.69) is 34.3 Å². The van der Waals surface area contributed by atoms with Crippen LogP contribution in [0.4, 0.5) is 0 Å². The number of hydrogen-bond donors (Lipinski definition) is 1. The second kappa shape index (κ2) is 6.72. The molecule has 2 rings (SSSR count). The Kier molecular flexibility index (Phi) is 5.50. The van der Waals surface area contributed by atoms with Crippen molar-refractivity contribution in [1.82, 2.24) is 0 Å². The first kappa shape index (κ1) is 20.5. The second-order valence-electron chi connectivity index (χ2n) is 10.00. The van der Waals surface area contributed by atoms with Gasteiger partial charge in [-0.15, -0.1) is 6.58 Å². The molecule has 0 aromatic heterocycles. The van der Waals surface area contributed by atoms with Gasteiger partial charge in [-0.25, -0.2) is 0 Å². The third-order valence-corrected chi connectivity index (χ3v) is 7.49. The Morgan fingerprint density at radius 2 is 1.92 bits per heavy atom. The molecule has 0 amide bonds. The Balaban J connectivity index is 2.38. The van der Waals surface area contributed by atoms with Crippen LogP contribution in [-0.2, 0) is 9.53 Å². The molecule has 0 heterocycles. The molecule has 0 aromatic rings. The zero-order valence-electron chi connectivity index (χ0n) is 17.2. The van der Waals surface area contributed by atoms with E-state index in [0.717, 1.165) is 19.3 Å². The van der Waals surface area contributed by atoms with Gasteiger partial charge >= 0.3 is 5.97 Å². The van der Waals surface area contributed by atoms with Crippen LogP contribution >= 0.6 is 0 Å². The van der Waals surface area contributed by atoms with Gasteiger partial charge in [-0.05, 0) is 69.1 Å². The van der Waals surface area contributed by atoms with Crippen molar-refractivity contribution in [3.8, 4) is 0 Å². The van der Waals surface area contributed by atoms with Gasteiger partial charge in [0.2, 0.25) is 0 Å². The fourth-order valence-corrected chi connectivity index (χ4v) is 6.23. The summed E-state index contributed by atoms with van der Waals surface area (Å²) in [6.07, 6.45) is 8.84. The molecule has 0 spiro atoms. The van der Waals surface area contributed by atoms with Crippen LogP contribution in [0.25, 0.3) is 0 Å². The largest absolute Gasteiger partial charge is 0.459 e. The maximum absolute atomic E-state index is 11.8. The number of carbonyl (C=O) groups excluding carboxylic acids is 1. The molecule has 2 fully saturated rings. The minimum atomic E-state index is -0.870. The molecule has 3 nitrogen and oxygen atoms in total. The fraction of sp³-hybridized carbons (Fsp3) is 0.864. The predicted molar refractivity (Wildman–Crippen MR) is 102 cm³/mol. The van der Waals surface area contributed by atoms with E-state index < -0.39 is 11.2 Å². The van der Waals surface area contributed by atoms with Gasteiger partial charge in [-0.2, -0.15) is 0 Å². The summed E-state index contributed by atoms with van der Waals surface area (Å²) in [6.45, 7) is 16.4. The van der Waals surface area contributed by atoms with Gasteiger partial charge in [0, 0.05) is 12.8 Å². The Labute approximate surface area is 154 Å². The Bertz CT molecular complexity index is 521. The average Bonchev–Trinajstić information content (AvgIpc) is 2.44. The number of ether oxygens (including phenoxy) is 1. The molecule has 2 aliphatic carbocycles.